The lowest BCUT2D eigenvalue weighted by molar-refractivity contribution is -0.128. The lowest BCUT2D eigenvalue weighted by Gasteiger charge is -2.19. The maximum absolute atomic E-state index is 13.7. The van der Waals surface area contributed by atoms with E-state index in [0.717, 1.165) is 12.1 Å². The number of carbonyl (C=O) groups is 2. The summed E-state index contributed by atoms with van der Waals surface area (Å²) < 4.78 is 15.3. The van der Waals surface area contributed by atoms with E-state index in [1.807, 2.05) is 20.8 Å². The second kappa shape index (κ2) is 10.9. The summed E-state index contributed by atoms with van der Waals surface area (Å²) in [4.78, 5) is 29.7. The van der Waals surface area contributed by atoms with Gasteiger partial charge in [-0.25, -0.2) is 9.37 Å². The number of halogens is 4. The van der Waals surface area contributed by atoms with Gasteiger partial charge in [-0.3, -0.25) is 9.59 Å². The van der Waals surface area contributed by atoms with Crippen molar-refractivity contribution in [3.05, 3.63) is 74.5 Å². The normalized spacial score (nSPS) is 11.5. The van der Waals surface area contributed by atoms with Crippen molar-refractivity contribution in [2.75, 3.05) is 10.6 Å². The molecule has 0 bridgehead atoms. The van der Waals surface area contributed by atoms with Crippen molar-refractivity contribution in [1.29, 1.82) is 0 Å². The Morgan fingerprint density at radius 2 is 1.79 bits per heavy atom. The third-order valence-electron chi connectivity index (χ3n) is 5.89. The number of benzene rings is 3. The molecule has 0 aliphatic rings. The zero-order chi connectivity index (χ0) is 28.6. The molecule has 0 unspecified atom stereocenters. The van der Waals surface area contributed by atoms with Gasteiger partial charge < -0.3 is 25.6 Å². The number of fused-ring (bicyclic) bond motifs is 1. The number of carbonyl (C=O) groups excluding carboxylic acids is 2. The van der Waals surface area contributed by atoms with Crippen molar-refractivity contribution in [1.82, 2.24) is 14.9 Å². The van der Waals surface area contributed by atoms with E-state index in [1.54, 1.807) is 23.7 Å². The van der Waals surface area contributed by atoms with Crippen LogP contribution in [0.4, 0.5) is 21.7 Å². The van der Waals surface area contributed by atoms with Gasteiger partial charge in [0, 0.05) is 35.8 Å². The number of amides is 2. The molecule has 0 saturated heterocycles. The molecule has 204 valence electrons. The molecule has 0 saturated carbocycles. The van der Waals surface area contributed by atoms with Crippen molar-refractivity contribution < 1.29 is 19.1 Å². The zero-order valence-electron chi connectivity index (χ0n) is 21.4. The highest BCUT2D eigenvalue weighted by Crippen LogP contribution is 2.37. The van der Waals surface area contributed by atoms with Gasteiger partial charge in [0.05, 0.1) is 32.3 Å². The standard InChI is InChI=1S/C27H25Cl3FN5O3/c1-27(2,3)25(39)32-12-13-5-6-18(29)23(22(13)30)35-26-34-19-10-17(21(37)11-20(19)36(26)4)24(38)33-16-8-14(28)7-15(31)9-16/h5-11,37H,12H2,1-4H3,(H,32,39)(H,33,38)(H,34,35). The number of aryl methyl sites for hydroxylation is 1. The third kappa shape index (κ3) is 6.21. The number of hydrogen-bond acceptors (Lipinski definition) is 5. The van der Waals surface area contributed by atoms with Crippen LogP contribution in [0.2, 0.25) is 15.1 Å². The van der Waals surface area contributed by atoms with Crippen LogP contribution < -0.4 is 16.0 Å². The van der Waals surface area contributed by atoms with Gasteiger partial charge in [-0.1, -0.05) is 61.6 Å². The Morgan fingerprint density at radius 1 is 1.08 bits per heavy atom. The molecular weight excluding hydrogens is 568 g/mol. The van der Waals surface area contributed by atoms with E-state index in [4.69, 9.17) is 34.8 Å². The lowest BCUT2D eigenvalue weighted by atomic mass is 9.95. The number of rotatable bonds is 6. The van der Waals surface area contributed by atoms with Crippen LogP contribution in [0.25, 0.3) is 11.0 Å². The highest BCUT2D eigenvalue weighted by molar-refractivity contribution is 6.39. The van der Waals surface area contributed by atoms with Crippen molar-refractivity contribution in [2.24, 2.45) is 12.5 Å². The van der Waals surface area contributed by atoms with Gasteiger partial charge in [-0.2, -0.15) is 0 Å². The first-order valence-corrected chi connectivity index (χ1v) is 12.9. The van der Waals surface area contributed by atoms with Crippen LogP contribution in [-0.4, -0.2) is 26.5 Å². The number of imidazole rings is 1. The number of hydrogen-bond donors (Lipinski definition) is 4. The summed E-state index contributed by atoms with van der Waals surface area (Å²) in [5.74, 6) is -1.38. The van der Waals surface area contributed by atoms with Crippen LogP contribution in [0.5, 0.6) is 5.75 Å². The van der Waals surface area contributed by atoms with Gasteiger partial charge in [-0.15, -0.1) is 0 Å². The molecule has 2 amide bonds. The first kappa shape index (κ1) is 28.5. The predicted molar refractivity (Wildman–Crippen MR) is 153 cm³/mol. The van der Waals surface area contributed by atoms with Gasteiger partial charge >= 0.3 is 0 Å². The van der Waals surface area contributed by atoms with Crippen LogP contribution in [0.1, 0.15) is 36.7 Å². The lowest BCUT2D eigenvalue weighted by Crippen LogP contribution is -2.34. The molecule has 8 nitrogen and oxygen atoms in total. The Hall–Kier alpha value is -3.53. The molecule has 4 aromatic rings. The molecule has 12 heteroatoms. The Bertz CT molecular complexity index is 1590. The van der Waals surface area contributed by atoms with Gasteiger partial charge in [-0.05, 0) is 35.9 Å². The molecule has 4 rings (SSSR count). The van der Waals surface area contributed by atoms with Crippen LogP contribution >= 0.6 is 34.8 Å². The molecule has 0 spiro atoms. The quantitative estimate of drug-likeness (QED) is 0.192. The van der Waals surface area contributed by atoms with E-state index in [0.29, 0.717) is 38.3 Å². The fraction of sp³-hybridized carbons (Fsp3) is 0.222. The number of nitrogens with one attached hydrogen (secondary N) is 3. The van der Waals surface area contributed by atoms with Gasteiger partial charge in [0.1, 0.15) is 11.6 Å². The summed E-state index contributed by atoms with van der Waals surface area (Å²) in [6, 6.07) is 9.79. The average molecular weight is 593 g/mol. The SMILES string of the molecule is Cn1c(Nc2c(Cl)ccc(CNC(=O)C(C)(C)C)c2Cl)nc2cc(C(=O)Nc3cc(F)cc(Cl)c3)c(O)cc21. The molecule has 3 aromatic carbocycles. The number of phenols is 1. The number of aromatic nitrogens is 2. The number of nitrogens with zero attached hydrogens (tertiary/aromatic N) is 2. The second-order valence-corrected chi connectivity index (χ2v) is 11.1. The fourth-order valence-electron chi connectivity index (χ4n) is 3.74. The molecule has 0 fully saturated rings. The molecule has 39 heavy (non-hydrogen) atoms. The van der Waals surface area contributed by atoms with Crippen molar-refractivity contribution in [3.63, 3.8) is 0 Å². The van der Waals surface area contributed by atoms with E-state index in [-0.39, 0.29) is 34.5 Å². The van der Waals surface area contributed by atoms with Crippen LogP contribution in [0, 0.1) is 11.2 Å². The molecule has 0 aliphatic carbocycles. The summed E-state index contributed by atoms with van der Waals surface area (Å²) in [6.07, 6.45) is 0. The smallest absolute Gasteiger partial charge is 0.259 e. The summed E-state index contributed by atoms with van der Waals surface area (Å²) in [7, 11) is 1.71. The molecule has 0 atom stereocenters. The molecule has 0 aliphatic heterocycles. The highest BCUT2D eigenvalue weighted by Gasteiger charge is 2.22. The highest BCUT2D eigenvalue weighted by atomic mass is 35.5. The van der Waals surface area contributed by atoms with Gasteiger partial charge in [0.25, 0.3) is 5.91 Å². The summed E-state index contributed by atoms with van der Waals surface area (Å²) in [6.45, 7) is 5.64. The van der Waals surface area contributed by atoms with E-state index in [1.165, 1.54) is 18.2 Å². The first-order valence-electron chi connectivity index (χ1n) is 11.7. The summed E-state index contributed by atoms with van der Waals surface area (Å²) in [5, 5.41) is 19.8. The van der Waals surface area contributed by atoms with Gasteiger partial charge in [0.15, 0.2) is 0 Å². The number of aromatic hydroxyl groups is 1. The Balaban J connectivity index is 1.62. The minimum absolute atomic E-state index is 0.0693. The Morgan fingerprint density at radius 3 is 2.46 bits per heavy atom. The molecule has 4 N–H and O–H groups in total. The van der Waals surface area contributed by atoms with Crippen molar-refractivity contribution in [3.8, 4) is 5.75 Å². The van der Waals surface area contributed by atoms with Crippen LogP contribution in [0.3, 0.4) is 0 Å². The monoisotopic (exact) mass is 591 g/mol. The van der Waals surface area contributed by atoms with Gasteiger partial charge in [0.2, 0.25) is 11.9 Å². The number of phenolic OH excluding ortho intramolecular Hbond substituents is 1. The fourth-order valence-corrected chi connectivity index (χ4v) is 4.50. The van der Waals surface area contributed by atoms with E-state index in [2.05, 4.69) is 20.9 Å². The zero-order valence-corrected chi connectivity index (χ0v) is 23.7. The van der Waals surface area contributed by atoms with Crippen molar-refractivity contribution in [2.45, 2.75) is 27.3 Å². The minimum atomic E-state index is -0.674. The molecule has 0 radical (unpaired) electrons. The third-order valence-corrected chi connectivity index (χ3v) is 6.86. The Labute approximate surface area is 239 Å². The van der Waals surface area contributed by atoms with E-state index >= 15 is 0 Å². The van der Waals surface area contributed by atoms with Crippen LogP contribution in [0.15, 0.2) is 42.5 Å². The number of anilines is 3. The predicted octanol–water partition coefficient (Wildman–Crippen LogP) is 7.04. The summed E-state index contributed by atoms with van der Waals surface area (Å²) in [5.41, 5.74) is 1.44. The van der Waals surface area contributed by atoms with E-state index < -0.39 is 17.1 Å². The maximum atomic E-state index is 13.7. The molecule has 1 heterocycles. The first-order chi connectivity index (χ1) is 18.2. The largest absolute Gasteiger partial charge is 0.507 e. The second-order valence-electron chi connectivity index (χ2n) is 9.92. The van der Waals surface area contributed by atoms with Crippen LogP contribution in [-0.2, 0) is 18.4 Å². The topological polar surface area (TPSA) is 108 Å². The van der Waals surface area contributed by atoms with Crippen molar-refractivity contribution >= 4 is 75.0 Å². The van der Waals surface area contributed by atoms with E-state index in [9.17, 15) is 19.1 Å². The maximum Gasteiger partial charge on any atom is 0.259 e. The minimum Gasteiger partial charge on any atom is -0.507 e. The molecule has 1 aromatic heterocycles. The average Bonchev–Trinajstić information content (AvgIpc) is 3.13. The summed E-state index contributed by atoms with van der Waals surface area (Å²) >= 11 is 18.9. The Kier molecular flexibility index (Phi) is 7.97. The molecular formula is C27H25Cl3FN5O3.